The summed E-state index contributed by atoms with van der Waals surface area (Å²) in [6.07, 6.45) is 3.46. The van der Waals surface area contributed by atoms with Crippen molar-refractivity contribution in [1.29, 1.82) is 0 Å². The van der Waals surface area contributed by atoms with E-state index in [-0.39, 0.29) is 12.5 Å². The standard InChI is InChI=1S/C15H18O2/c1-2-12-5-7-13(8-6-12)14(11-16)10-15-4-3-9-17-15/h3-9,14,16H,2,10-11H2,1H3. The van der Waals surface area contributed by atoms with Crippen molar-refractivity contribution in [3.8, 4) is 0 Å². The molecule has 1 atom stereocenters. The fourth-order valence-electron chi connectivity index (χ4n) is 1.98. The summed E-state index contributed by atoms with van der Waals surface area (Å²) < 4.78 is 5.32. The average Bonchev–Trinajstić information content (AvgIpc) is 2.89. The van der Waals surface area contributed by atoms with Crippen LogP contribution in [0, 0.1) is 0 Å². The second-order valence-electron chi connectivity index (χ2n) is 4.26. The third kappa shape index (κ3) is 2.98. The van der Waals surface area contributed by atoms with Crippen molar-refractivity contribution in [1.82, 2.24) is 0 Å². The minimum absolute atomic E-state index is 0.118. The quantitative estimate of drug-likeness (QED) is 0.856. The van der Waals surface area contributed by atoms with Gasteiger partial charge in [0.1, 0.15) is 5.76 Å². The fourth-order valence-corrected chi connectivity index (χ4v) is 1.98. The molecule has 2 aromatic rings. The Labute approximate surface area is 102 Å². The summed E-state index contributed by atoms with van der Waals surface area (Å²) in [6.45, 7) is 2.29. The predicted octanol–water partition coefficient (Wildman–Crippen LogP) is 3.16. The summed E-state index contributed by atoms with van der Waals surface area (Å²) in [5, 5.41) is 9.46. The summed E-state index contributed by atoms with van der Waals surface area (Å²) in [5.41, 5.74) is 2.49. The molecule has 2 heteroatoms. The number of aliphatic hydroxyl groups is 1. The van der Waals surface area contributed by atoms with E-state index in [0.29, 0.717) is 0 Å². The van der Waals surface area contributed by atoms with Gasteiger partial charge in [-0.3, -0.25) is 0 Å². The van der Waals surface area contributed by atoms with Crippen LogP contribution in [0.15, 0.2) is 47.1 Å². The van der Waals surface area contributed by atoms with Gasteiger partial charge in [-0.15, -0.1) is 0 Å². The first kappa shape index (κ1) is 11.9. The van der Waals surface area contributed by atoms with Crippen LogP contribution in [0.25, 0.3) is 0 Å². The van der Waals surface area contributed by atoms with Crippen LogP contribution >= 0.6 is 0 Å². The Balaban J connectivity index is 2.11. The van der Waals surface area contributed by atoms with E-state index in [4.69, 9.17) is 4.42 Å². The van der Waals surface area contributed by atoms with Gasteiger partial charge in [-0.2, -0.15) is 0 Å². The van der Waals surface area contributed by atoms with E-state index in [0.717, 1.165) is 18.6 Å². The molecule has 90 valence electrons. The van der Waals surface area contributed by atoms with E-state index >= 15 is 0 Å². The van der Waals surface area contributed by atoms with Crippen molar-refractivity contribution >= 4 is 0 Å². The lowest BCUT2D eigenvalue weighted by atomic mass is 9.94. The number of rotatable bonds is 5. The molecule has 2 rings (SSSR count). The molecule has 0 saturated carbocycles. The maximum Gasteiger partial charge on any atom is 0.104 e. The number of hydrogen-bond acceptors (Lipinski definition) is 2. The molecule has 0 aliphatic rings. The molecule has 0 saturated heterocycles. The zero-order chi connectivity index (χ0) is 12.1. The molecule has 0 bridgehead atoms. The SMILES string of the molecule is CCc1ccc(C(CO)Cc2ccco2)cc1. The molecule has 17 heavy (non-hydrogen) atoms. The molecule has 1 heterocycles. The predicted molar refractivity (Wildman–Crippen MR) is 68.1 cm³/mol. The van der Waals surface area contributed by atoms with Crippen LogP contribution in [0.4, 0.5) is 0 Å². The van der Waals surface area contributed by atoms with Gasteiger partial charge >= 0.3 is 0 Å². The zero-order valence-corrected chi connectivity index (χ0v) is 10.1. The van der Waals surface area contributed by atoms with E-state index in [9.17, 15) is 5.11 Å². The minimum Gasteiger partial charge on any atom is -0.469 e. The molecule has 1 N–H and O–H groups in total. The van der Waals surface area contributed by atoms with Gasteiger partial charge < -0.3 is 9.52 Å². The zero-order valence-electron chi connectivity index (χ0n) is 10.1. The topological polar surface area (TPSA) is 33.4 Å². The molecule has 0 aliphatic carbocycles. The Bertz CT molecular complexity index is 428. The van der Waals surface area contributed by atoms with Gasteiger partial charge in [0.15, 0.2) is 0 Å². The summed E-state index contributed by atoms with van der Waals surface area (Å²) in [6, 6.07) is 12.3. The second-order valence-corrected chi connectivity index (χ2v) is 4.26. The molecule has 1 unspecified atom stereocenters. The van der Waals surface area contributed by atoms with E-state index in [1.807, 2.05) is 12.1 Å². The van der Waals surface area contributed by atoms with Gasteiger partial charge in [0.05, 0.1) is 12.9 Å². The van der Waals surface area contributed by atoms with Crippen molar-refractivity contribution in [2.45, 2.75) is 25.7 Å². The number of hydrogen-bond donors (Lipinski definition) is 1. The van der Waals surface area contributed by atoms with E-state index < -0.39 is 0 Å². The van der Waals surface area contributed by atoms with Crippen molar-refractivity contribution in [3.63, 3.8) is 0 Å². The molecule has 0 amide bonds. The average molecular weight is 230 g/mol. The summed E-state index contributed by atoms with van der Waals surface area (Å²) in [5.74, 6) is 1.04. The fraction of sp³-hybridized carbons (Fsp3) is 0.333. The lowest BCUT2D eigenvalue weighted by Gasteiger charge is -2.13. The van der Waals surface area contributed by atoms with Gasteiger partial charge in [0.25, 0.3) is 0 Å². The summed E-state index contributed by atoms with van der Waals surface area (Å²) in [7, 11) is 0. The monoisotopic (exact) mass is 230 g/mol. The van der Waals surface area contributed by atoms with Gasteiger partial charge in [-0.05, 0) is 29.7 Å². The number of aliphatic hydroxyl groups excluding tert-OH is 1. The molecular formula is C15H18O2. The lowest BCUT2D eigenvalue weighted by Crippen LogP contribution is -2.07. The molecular weight excluding hydrogens is 212 g/mol. The Morgan fingerprint density at radius 1 is 1.18 bits per heavy atom. The van der Waals surface area contributed by atoms with Crippen LogP contribution in [0.3, 0.4) is 0 Å². The van der Waals surface area contributed by atoms with Crippen LogP contribution in [0.1, 0.15) is 29.7 Å². The molecule has 0 aliphatic heterocycles. The van der Waals surface area contributed by atoms with Crippen LogP contribution in [0.5, 0.6) is 0 Å². The van der Waals surface area contributed by atoms with Crippen molar-refractivity contribution in [2.75, 3.05) is 6.61 Å². The van der Waals surface area contributed by atoms with Crippen LogP contribution in [-0.4, -0.2) is 11.7 Å². The normalized spacial score (nSPS) is 12.6. The number of aryl methyl sites for hydroxylation is 1. The number of furan rings is 1. The summed E-state index contributed by atoms with van der Waals surface area (Å²) >= 11 is 0. The highest BCUT2D eigenvalue weighted by atomic mass is 16.3. The van der Waals surface area contributed by atoms with Crippen LogP contribution in [-0.2, 0) is 12.8 Å². The van der Waals surface area contributed by atoms with Crippen molar-refractivity contribution in [3.05, 3.63) is 59.5 Å². The van der Waals surface area contributed by atoms with E-state index in [2.05, 4.69) is 31.2 Å². The maximum atomic E-state index is 9.46. The second kappa shape index (κ2) is 5.69. The summed E-state index contributed by atoms with van der Waals surface area (Å²) in [4.78, 5) is 0. The third-order valence-corrected chi connectivity index (χ3v) is 3.11. The Morgan fingerprint density at radius 2 is 1.94 bits per heavy atom. The lowest BCUT2D eigenvalue weighted by molar-refractivity contribution is 0.259. The van der Waals surface area contributed by atoms with E-state index in [1.54, 1.807) is 6.26 Å². The van der Waals surface area contributed by atoms with E-state index in [1.165, 1.54) is 11.1 Å². The van der Waals surface area contributed by atoms with Gasteiger partial charge in [0.2, 0.25) is 0 Å². The minimum atomic E-state index is 0.118. The highest BCUT2D eigenvalue weighted by Crippen LogP contribution is 2.21. The smallest absolute Gasteiger partial charge is 0.104 e. The molecule has 1 aromatic carbocycles. The Morgan fingerprint density at radius 3 is 2.47 bits per heavy atom. The molecule has 1 aromatic heterocycles. The largest absolute Gasteiger partial charge is 0.469 e. The maximum absolute atomic E-state index is 9.46. The first-order valence-corrected chi connectivity index (χ1v) is 6.05. The molecule has 0 fully saturated rings. The Hall–Kier alpha value is -1.54. The third-order valence-electron chi connectivity index (χ3n) is 3.11. The molecule has 0 spiro atoms. The van der Waals surface area contributed by atoms with Crippen LogP contribution in [0.2, 0.25) is 0 Å². The van der Waals surface area contributed by atoms with Gasteiger partial charge in [0, 0.05) is 12.3 Å². The Kier molecular flexibility index (Phi) is 3.99. The van der Waals surface area contributed by atoms with Crippen LogP contribution < -0.4 is 0 Å². The number of benzene rings is 1. The van der Waals surface area contributed by atoms with Gasteiger partial charge in [-0.25, -0.2) is 0 Å². The van der Waals surface area contributed by atoms with Crippen molar-refractivity contribution in [2.24, 2.45) is 0 Å². The highest BCUT2D eigenvalue weighted by Gasteiger charge is 2.12. The van der Waals surface area contributed by atoms with Gasteiger partial charge in [-0.1, -0.05) is 31.2 Å². The highest BCUT2D eigenvalue weighted by molar-refractivity contribution is 5.26. The first-order chi connectivity index (χ1) is 8.33. The molecule has 0 radical (unpaired) electrons. The first-order valence-electron chi connectivity index (χ1n) is 6.05. The molecule has 2 nitrogen and oxygen atoms in total. The van der Waals surface area contributed by atoms with Crippen molar-refractivity contribution < 1.29 is 9.52 Å².